The highest BCUT2D eigenvalue weighted by atomic mass is 19.4. The van der Waals surface area contributed by atoms with Crippen LogP contribution < -0.4 is 5.32 Å². The maximum absolute atomic E-state index is 12.5. The standard InChI is InChI=1S/C16H13F3N6O/c17-16(18,19)13-23-12(25-26-13)10-8-21-14(22-9-10)24-15(5-3-6-15)11-4-1-2-7-20-11/h1-2,4,7-9H,3,5-6H2,(H,21,22,24). The molecule has 1 saturated carbocycles. The van der Waals surface area contributed by atoms with E-state index in [1.807, 2.05) is 18.2 Å². The maximum Gasteiger partial charge on any atom is 0.471 e. The molecule has 0 unspecified atom stereocenters. The molecule has 0 aliphatic heterocycles. The van der Waals surface area contributed by atoms with Crippen molar-refractivity contribution in [2.24, 2.45) is 0 Å². The van der Waals surface area contributed by atoms with Gasteiger partial charge in [-0.1, -0.05) is 11.2 Å². The van der Waals surface area contributed by atoms with Crippen LogP contribution in [0.5, 0.6) is 0 Å². The van der Waals surface area contributed by atoms with E-state index in [-0.39, 0.29) is 16.9 Å². The van der Waals surface area contributed by atoms with Gasteiger partial charge in [-0.25, -0.2) is 9.97 Å². The first-order valence-electron chi connectivity index (χ1n) is 7.89. The summed E-state index contributed by atoms with van der Waals surface area (Å²) >= 11 is 0. The number of alkyl halides is 3. The average Bonchev–Trinajstić information content (AvgIpc) is 3.10. The van der Waals surface area contributed by atoms with Crippen LogP contribution in [-0.4, -0.2) is 25.1 Å². The van der Waals surface area contributed by atoms with Crippen LogP contribution in [-0.2, 0) is 11.7 Å². The molecule has 1 aliphatic carbocycles. The molecule has 0 amide bonds. The van der Waals surface area contributed by atoms with E-state index in [4.69, 9.17) is 0 Å². The van der Waals surface area contributed by atoms with Gasteiger partial charge in [0.1, 0.15) is 0 Å². The summed E-state index contributed by atoms with van der Waals surface area (Å²) in [4.78, 5) is 16.1. The number of anilines is 1. The molecular formula is C16H13F3N6O. The van der Waals surface area contributed by atoms with Crippen molar-refractivity contribution < 1.29 is 17.7 Å². The van der Waals surface area contributed by atoms with Gasteiger partial charge in [-0.05, 0) is 31.4 Å². The van der Waals surface area contributed by atoms with Gasteiger partial charge in [0.25, 0.3) is 0 Å². The minimum Gasteiger partial charge on any atom is -0.343 e. The zero-order valence-corrected chi connectivity index (χ0v) is 13.4. The van der Waals surface area contributed by atoms with Crippen LogP contribution in [0.3, 0.4) is 0 Å². The van der Waals surface area contributed by atoms with Crippen LogP contribution in [0.25, 0.3) is 11.4 Å². The smallest absolute Gasteiger partial charge is 0.343 e. The topological polar surface area (TPSA) is 89.6 Å². The summed E-state index contributed by atoms with van der Waals surface area (Å²) in [6, 6.07) is 5.71. The van der Waals surface area contributed by atoms with Gasteiger partial charge in [-0.3, -0.25) is 4.98 Å². The van der Waals surface area contributed by atoms with Gasteiger partial charge >= 0.3 is 12.1 Å². The predicted molar refractivity (Wildman–Crippen MR) is 83.7 cm³/mol. The molecule has 1 N–H and O–H groups in total. The molecule has 1 fully saturated rings. The molecule has 0 saturated heterocycles. The highest BCUT2D eigenvalue weighted by Crippen LogP contribution is 2.42. The number of pyridine rings is 1. The molecule has 0 atom stereocenters. The summed E-state index contributed by atoms with van der Waals surface area (Å²) in [5, 5.41) is 6.60. The van der Waals surface area contributed by atoms with E-state index in [1.54, 1.807) is 6.20 Å². The van der Waals surface area contributed by atoms with E-state index in [9.17, 15) is 13.2 Å². The zero-order chi connectivity index (χ0) is 18.2. The lowest BCUT2D eigenvalue weighted by molar-refractivity contribution is -0.159. The number of aromatic nitrogens is 5. The SMILES string of the molecule is FC(F)(F)c1nc(-c2cnc(NC3(c4ccccn4)CCC3)nc2)no1. The van der Waals surface area contributed by atoms with Crippen molar-refractivity contribution in [3.8, 4) is 11.4 Å². The quantitative estimate of drug-likeness (QED) is 0.760. The number of nitrogens with zero attached hydrogens (tertiary/aromatic N) is 5. The molecule has 0 radical (unpaired) electrons. The molecule has 3 heterocycles. The van der Waals surface area contributed by atoms with E-state index >= 15 is 0 Å². The van der Waals surface area contributed by atoms with Gasteiger partial charge in [0.15, 0.2) is 0 Å². The minimum absolute atomic E-state index is 0.216. The van der Waals surface area contributed by atoms with Crippen molar-refractivity contribution in [1.82, 2.24) is 25.1 Å². The Hall–Kier alpha value is -3.04. The van der Waals surface area contributed by atoms with E-state index in [0.29, 0.717) is 5.95 Å². The second-order valence-electron chi connectivity index (χ2n) is 5.99. The van der Waals surface area contributed by atoms with Crippen LogP contribution in [0.4, 0.5) is 19.1 Å². The Morgan fingerprint density at radius 2 is 1.85 bits per heavy atom. The Morgan fingerprint density at radius 1 is 1.08 bits per heavy atom. The molecule has 0 aromatic carbocycles. The van der Waals surface area contributed by atoms with Crippen molar-refractivity contribution in [3.05, 3.63) is 48.4 Å². The summed E-state index contributed by atoms with van der Waals surface area (Å²) in [5.41, 5.74) is 0.820. The van der Waals surface area contributed by atoms with Gasteiger partial charge < -0.3 is 9.84 Å². The lowest BCUT2D eigenvalue weighted by atomic mass is 9.74. The molecule has 3 aromatic heterocycles. The summed E-state index contributed by atoms with van der Waals surface area (Å²) in [7, 11) is 0. The summed E-state index contributed by atoms with van der Waals surface area (Å²) < 4.78 is 41.8. The minimum atomic E-state index is -4.69. The van der Waals surface area contributed by atoms with E-state index in [1.165, 1.54) is 12.4 Å². The Balaban J connectivity index is 1.54. The molecule has 7 nitrogen and oxygen atoms in total. The van der Waals surface area contributed by atoms with Gasteiger partial charge in [-0.2, -0.15) is 18.2 Å². The summed E-state index contributed by atoms with van der Waals surface area (Å²) in [6.45, 7) is 0. The molecule has 10 heteroatoms. The Kier molecular flexibility index (Phi) is 3.82. The van der Waals surface area contributed by atoms with Crippen LogP contribution in [0.2, 0.25) is 0 Å². The molecule has 3 aromatic rings. The van der Waals surface area contributed by atoms with Crippen LogP contribution in [0.1, 0.15) is 30.8 Å². The summed E-state index contributed by atoms with van der Waals surface area (Å²) in [5.74, 6) is -1.26. The highest BCUT2D eigenvalue weighted by Gasteiger charge is 2.41. The lowest BCUT2D eigenvalue weighted by Gasteiger charge is -2.42. The van der Waals surface area contributed by atoms with Crippen molar-refractivity contribution in [3.63, 3.8) is 0 Å². The van der Waals surface area contributed by atoms with Gasteiger partial charge in [-0.15, -0.1) is 0 Å². The molecule has 26 heavy (non-hydrogen) atoms. The Labute approximate surface area is 145 Å². The fraction of sp³-hybridized carbons (Fsp3) is 0.312. The lowest BCUT2D eigenvalue weighted by Crippen LogP contribution is -2.43. The van der Waals surface area contributed by atoms with Gasteiger partial charge in [0.2, 0.25) is 11.8 Å². The number of hydrogen-bond acceptors (Lipinski definition) is 7. The number of rotatable bonds is 4. The zero-order valence-electron chi connectivity index (χ0n) is 13.4. The van der Waals surface area contributed by atoms with Crippen LogP contribution >= 0.6 is 0 Å². The largest absolute Gasteiger partial charge is 0.471 e. The van der Waals surface area contributed by atoms with Crippen LogP contribution in [0, 0.1) is 0 Å². The second-order valence-corrected chi connectivity index (χ2v) is 5.99. The van der Waals surface area contributed by atoms with Crippen molar-refractivity contribution in [2.45, 2.75) is 31.0 Å². The third kappa shape index (κ3) is 2.98. The Morgan fingerprint density at radius 3 is 2.38 bits per heavy atom. The van der Waals surface area contributed by atoms with Crippen molar-refractivity contribution in [2.75, 3.05) is 5.32 Å². The fourth-order valence-corrected chi connectivity index (χ4v) is 2.80. The maximum atomic E-state index is 12.5. The third-order valence-electron chi connectivity index (χ3n) is 4.29. The number of nitrogens with one attached hydrogen (secondary N) is 1. The molecule has 0 spiro atoms. The molecule has 0 bridgehead atoms. The average molecular weight is 362 g/mol. The van der Waals surface area contributed by atoms with Crippen molar-refractivity contribution in [1.29, 1.82) is 0 Å². The second kappa shape index (κ2) is 6.04. The molecule has 1 aliphatic rings. The predicted octanol–water partition coefficient (Wildman–Crippen LogP) is 3.43. The first-order valence-corrected chi connectivity index (χ1v) is 7.89. The monoisotopic (exact) mass is 362 g/mol. The van der Waals surface area contributed by atoms with E-state index in [0.717, 1.165) is 25.0 Å². The number of halogens is 3. The first kappa shape index (κ1) is 16.4. The van der Waals surface area contributed by atoms with E-state index < -0.39 is 12.1 Å². The highest BCUT2D eigenvalue weighted by molar-refractivity contribution is 5.52. The molecule has 134 valence electrons. The number of hydrogen-bond donors (Lipinski definition) is 1. The van der Waals surface area contributed by atoms with Gasteiger partial charge in [0.05, 0.1) is 16.8 Å². The van der Waals surface area contributed by atoms with E-state index in [2.05, 4.69) is 34.9 Å². The first-order chi connectivity index (χ1) is 12.5. The summed E-state index contributed by atoms with van der Waals surface area (Å²) in [6.07, 6.45) is 2.60. The Bertz CT molecular complexity index is 890. The molecule has 4 rings (SSSR count). The van der Waals surface area contributed by atoms with Crippen LogP contribution in [0.15, 0.2) is 41.3 Å². The van der Waals surface area contributed by atoms with Crippen molar-refractivity contribution >= 4 is 5.95 Å². The third-order valence-corrected chi connectivity index (χ3v) is 4.29. The van der Waals surface area contributed by atoms with Gasteiger partial charge in [0, 0.05) is 18.6 Å². The normalized spacial score (nSPS) is 16.1. The molecular weight excluding hydrogens is 349 g/mol. The fourth-order valence-electron chi connectivity index (χ4n) is 2.80.